The first-order chi connectivity index (χ1) is 16.4. The molecule has 1 aliphatic rings. The minimum absolute atomic E-state index is 0.0312. The van der Waals surface area contributed by atoms with Gasteiger partial charge in [-0.1, -0.05) is 60.7 Å². The summed E-state index contributed by atoms with van der Waals surface area (Å²) in [6.07, 6.45) is -6.76. The molecule has 1 aromatic heterocycles. The second kappa shape index (κ2) is 10.4. The van der Waals surface area contributed by atoms with Gasteiger partial charge in [0.25, 0.3) is 12.0 Å². The number of benzene rings is 2. The fraction of sp³-hybridized carbons (Fsp3) is 0.333. The minimum atomic E-state index is -3.12. The molecule has 2 N–H and O–H groups in total. The van der Waals surface area contributed by atoms with E-state index in [0.29, 0.717) is 5.56 Å². The molecule has 0 radical (unpaired) electrons. The van der Waals surface area contributed by atoms with Crippen molar-refractivity contribution < 1.29 is 28.1 Å². The molecule has 4 atom stereocenters. The van der Waals surface area contributed by atoms with Crippen LogP contribution in [0.15, 0.2) is 82.5 Å². The highest BCUT2D eigenvalue weighted by Crippen LogP contribution is 2.43. The van der Waals surface area contributed by atoms with Crippen molar-refractivity contribution >= 4 is 0 Å². The van der Waals surface area contributed by atoms with Gasteiger partial charge in [-0.3, -0.25) is 14.3 Å². The Morgan fingerprint density at radius 2 is 1.62 bits per heavy atom. The maximum Gasteiger partial charge on any atom is 0.330 e. The molecular formula is C24H24F2N2O6. The molecule has 0 amide bonds. The average molecular weight is 474 g/mol. The summed E-state index contributed by atoms with van der Waals surface area (Å²) in [7, 11) is 0. The van der Waals surface area contributed by atoms with Crippen LogP contribution in [0, 0.1) is 0 Å². The van der Waals surface area contributed by atoms with E-state index >= 15 is 0 Å². The summed E-state index contributed by atoms with van der Waals surface area (Å²) in [5, 5.41) is 11.0. The van der Waals surface area contributed by atoms with Crippen LogP contribution in [0.25, 0.3) is 0 Å². The monoisotopic (exact) mass is 474 g/mol. The molecule has 2 heterocycles. The molecule has 1 aliphatic heterocycles. The standard InChI is InChI=1S/C24H24F2N2O6/c25-22(26)24(15-32-13-16-7-3-1-4-8-16)20(33-14-17-9-5-2-6-10-17)19(30)21(34-24)28-12-11-18(29)27-23(28)31/h1-12,19-22,30H,13-15H2,(H,27,29,31)/t19-,20+,21-,24-/m1/s1. The van der Waals surface area contributed by atoms with Gasteiger partial charge >= 0.3 is 5.69 Å². The van der Waals surface area contributed by atoms with Crippen LogP contribution in [0.1, 0.15) is 17.4 Å². The van der Waals surface area contributed by atoms with Crippen LogP contribution in [-0.4, -0.2) is 45.5 Å². The van der Waals surface area contributed by atoms with Crippen LogP contribution in [0.5, 0.6) is 0 Å². The van der Waals surface area contributed by atoms with Gasteiger partial charge in [-0.2, -0.15) is 0 Å². The van der Waals surface area contributed by atoms with E-state index in [1.807, 2.05) is 11.1 Å². The lowest BCUT2D eigenvalue weighted by Gasteiger charge is -2.33. The van der Waals surface area contributed by atoms with Crippen LogP contribution in [0.3, 0.4) is 0 Å². The Balaban J connectivity index is 1.63. The van der Waals surface area contributed by atoms with E-state index in [-0.39, 0.29) is 13.2 Å². The number of ether oxygens (including phenoxy) is 3. The van der Waals surface area contributed by atoms with Crippen molar-refractivity contribution in [2.24, 2.45) is 0 Å². The largest absolute Gasteiger partial charge is 0.386 e. The minimum Gasteiger partial charge on any atom is -0.386 e. The molecule has 10 heteroatoms. The summed E-state index contributed by atoms with van der Waals surface area (Å²) in [6.45, 7) is -0.652. The van der Waals surface area contributed by atoms with Gasteiger partial charge in [0.1, 0.15) is 12.2 Å². The van der Waals surface area contributed by atoms with Crippen molar-refractivity contribution in [3.8, 4) is 0 Å². The number of aromatic nitrogens is 2. The molecule has 0 unspecified atom stereocenters. The number of alkyl halides is 2. The Morgan fingerprint density at radius 3 is 2.21 bits per heavy atom. The zero-order chi connectivity index (χ0) is 24.1. The van der Waals surface area contributed by atoms with Crippen LogP contribution >= 0.6 is 0 Å². The number of nitrogens with one attached hydrogen (secondary N) is 1. The molecule has 2 aromatic carbocycles. The molecule has 1 saturated heterocycles. The maximum atomic E-state index is 14.6. The summed E-state index contributed by atoms with van der Waals surface area (Å²) in [6, 6.07) is 18.9. The number of aliphatic hydroxyl groups is 1. The quantitative estimate of drug-likeness (QED) is 0.493. The summed E-state index contributed by atoms with van der Waals surface area (Å²) >= 11 is 0. The molecule has 1 fully saturated rings. The molecule has 0 spiro atoms. The molecule has 34 heavy (non-hydrogen) atoms. The van der Waals surface area contributed by atoms with Crippen LogP contribution in [0.2, 0.25) is 0 Å². The zero-order valence-electron chi connectivity index (χ0n) is 18.1. The third-order valence-electron chi connectivity index (χ3n) is 5.63. The lowest BCUT2D eigenvalue weighted by molar-refractivity contribution is -0.215. The van der Waals surface area contributed by atoms with E-state index < -0.39 is 48.3 Å². The fourth-order valence-electron chi connectivity index (χ4n) is 3.91. The van der Waals surface area contributed by atoms with Gasteiger partial charge in [0.2, 0.25) is 0 Å². The van der Waals surface area contributed by atoms with Crippen molar-refractivity contribution in [1.82, 2.24) is 9.55 Å². The predicted octanol–water partition coefficient (Wildman–Crippen LogP) is 2.23. The summed E-state index contributed by atoms with van der Waals surface area (Å²) < 4.78 is 47.0. The number of nitrogens with zero attached hydrogens (tertiary/aromatic N) is 1. The van der Waals surface area contributed by atoms with Crippen molar-refractivity contribution in [3.63, 3.8) is 0 Å². The summed E-state index contributed by atoms with van der Waals surface area (Å²) in [4.78, 5) is 25.8. The van der Waals surface area contributed by atoms with Crippen molar-refractivity contribution in [2.75, 3.05) is 6.61 Å². The molecule has 0 bridgehead atoms. The topological polar surface area (TPSA) is 103 Å². The number of halogens is 2. The second-order valence-electron chi connectivity index (χ2n) is 7.97. The van der Waals surface area contributed by atoms with Crippen LogP contribution in [0.4, 0.5) is 8.78 Å². The van der Waals surface area contributed by atoms with Crippen molar-refractivity contribution in [1.29, 1.82) is 0 Å². The number of hydrogen-bond donors (Lipinski definition) is 2. The lowest BCUT2D eigenvalue weighted by atomic mass is 9.96. The zero-order valence-corrected chi connectivity index (χ0v) is 18.1. The lowest BCUT2D eigenvalue weighted by Crippen LogP contribution is -2.53. The van der Waals surface area contributed by atoms with Gasteiger partial charge in [0, 0.05) is 12.3 Å². The van der Waals surface area contributed by atoms with Gasteiger partial charge in [-0.05, 0) is 11.1 Å². The smallest absolute Gasteiger partial charge is 0.330 e. The molecule has 0 saturated carbocycles. The van der Waals surface area contributed by atoms with Crippen LogP contribution in [-0.2, 0) is 27.4 Å². The number of rotatable bonds is 9. The first-order valence-corrected chi connectivity index (χ1v) is 10.6. The highest BCUT2D eigenvalue weighted by atomic mass is 19.3. The predicted molar refractivity (Wildman–Crippen MR) is 117 cm³/mol. The van der Waals surface area contributed by atoms with E-state index in [1.54, 1.807) is 54.6 Å². The highest BCUT2D eigenvalue weighted by molar-refractivity contribution is 5.15. The third kappa shape index (κ3) is 5.00. The third-order valence-corrected chi connectivity index (χ3v) is 5.63. The van der Waals surface area contributed by atoms with Crippen molar-refractivity contribution in [2.45, 2.75) is 43.7 Å². The first kappa shape index (κ1) is 24.0. The van der Waals surface area contributed by atoms with E-state index in [1.165, 1.54) is 0 Å². The number of H-pyrrole nitrogens is 1. The van der Waals surface area contributed by atoms with Gasteiger partial charge in [0.15, 0.2) is 11.8 Å². The highest BCUT2D eigenvalue weighted by Gasteiger charge is 2.62. The van der Waals surface area contributed by atoms with Crippen LogP contribution < -0.4 is 11.2 Å². The molecule has 180 valence electrons. The second-order valence-corrected chi connectivity index (χ2v) is 7.97. The molecule has 8 nitrogen and oxygen atoms in total. The fourth-order valence-corrected chi connectivity index (χ4v) is 3.91. The summed E-state index contributed by atoms with van der Waals surface area (Å²) in [5.41, 5.74) is -2.48. The van der Waals surface area contributed by atoms with E-state index in [4.69, 9.17) is 14.2 Å². The molecular weight excluding hydrogens is 450 g/mol. The maximum absolute atomic E-state index is 14.6. The van der Waals surface area contributed by atoms with E-state index in [2.05, 4.69) is 0 Å². The van der Waals surface area contributed by atoms with Gasteiger partial charge in [-0.25, -0.2) is 13.6 Å². The molecule has 0 aliphatic carbocycles. The van der Waals surface area contributed by atoms with E-state index in [9.17, 15) is 23.5 Å². The Hall–Kier alpha value is -3.18. The van der Waals surface area contributed by atoms with Gasteiger partial charge < -0.3 is 19.3 Å². The van der Waals surface area contributed by atoms with Gasteiger partial charge in [-0.15, -0.1) is 0 Å². The first-order valence-electron chi connectivity index (χ1n) is 10.6. The Labute approximate surface area is 193 Å². The van der Waals surface area contributed by atoms with Gasteiger partial charge in [0.05, 0.1) is 19.8 Å². The number of aromatic amines is 1. The Morgan fingerprint density at radius 1 is 1.00 bits per heavy atom. The molecule has 4 rings (SSSR count). The summed E-state index contributed by atoms with van der Waals surface area (Å²) in [5.74, 6) is 0. The number of aliphatic hydroxyl groups excluding tert-OH is 1. The average Bonchev–Trinajstić information content (AvgIpc) is 3.11. The number of hydrogen-bond acceptors (Lipinski definition) is 6. The SMILES string of the molecule is O=c1ccn([C@@H]2O[C@@](COCc3ccccc3)(C(F)F)[C@@H](OCc3ccccc3)[C@H]2O)c(=O)[nH]1. The Bertz CT molecular complexity index is 1190. The van der Waals surface area contributed by atoms with E-state index in [0.717, 1.165) is 22.4 Å². The molecule has 3 aromatic rings. The normalized spacial score (nSPS) is 24.5. The van der Waals surface area contributed by atoms with Crippen molar-refractivity contribution in [3.05, 3.63) is 105 Å². The Kier molecular flexibility index (Phi) is 7.32.